The Bertz CT molecular complexity index is 552. The molecule has 0 unspecified atom stereocenters. The van der Waals surface area contributed by atoms with Crippen molar-refractivity contribution in [2.75, 3.05) is 20.1 Å². The van der Waals surface area contributed by atoms with E-state index in [0.29, 0.717) is 12.2 Å². The van der Waals surface area contributed by atoms with Gasteiger partial charge in [0.15, 0.2) is 5.69 Å². The van der Waals surface area contributed by atoms with Gasteiger partial charge in [-0.15, -0.1) is 17.5 Å². The number of nitrogens with zero attached hydrogens (tertiary/aromatic N) is 3. The van der Waals surface area contributed by atoms with Gasteiger partial charge in [0.25, 0.3) is 5.91 Å². The lowest BCUT2D eigenvalue weighted by molar-refractivity contribution is 0.0949. The molecular weight excluding hydrogens is 278 g/mol. The fraction of sp³-hybridized carbons (Fsp3) is 0.308. The molecule has 0 spiro atoms. The summed E-state index contributed by atoms with van der Waals surface area (Å²) < 4.78 is 1.59. The van der Waals surface area contributed by atoms with E-state index in [1.807, 2.05) is 38.2 Å². The number of aromatic nitrogens is 3. The second-order valence-electron chi connectivity index (χ2n) is 4.24. The average Bonchev–Trinajstić information content (AvgIpc) is 2.89. The molecule has 1 aromatic carbocycles. The molecule has 20 heavy (non-hydrogen) atoms. The number of hydrogen-bond donors (Lipinski definition) is 2. The minimum absolute atomic E-state index is 0. The fourth-order valence-electron chi connectivity index (χ4n) is 1.58. The van der Waals surface area contributed by atoms with Crippen LogP contribution in [0.3, 0.4) is 0 Å². The molecule has 2 N–H and O–H groups in total. The van der Waals surface area contributed by atoms with E-state index >= 15 is 0 Å². The number of amides is 1. The van der Waals surface area contributed by atoms with Crippen LogP contribution in [-0.4, -0.2) is 41.0 Å². The smallest absolute Gasteiger partial charge is 0.273 e. The summed E-state index contributed by atoms with van der Waals surface area (Å²) in [6.45, 7) is 3.30. The Hall–Kier alpha value is -1.92. The lowest BCUT2D eigenvalue weighted by atomic mass is 10.2. The van der Waals surface area contributed by atoms with Crippen molar-refractivity contribution >= 4 is 18.3 Å². The zero-order valence-corrected chi connectivity index (χ0v) is 12.3. The first kappa shape index (κ1) is 16.1. The largest absolute Gasteiger partial charge is 0.349 e. The molecule has 0 atom stereocenters. The first-order valence-electron chi connectivity index (χ1n) is 6.13. The third-order valence-corrected chi connectivity index (χ3v) is 2.69. The summed E-state index contributed by atoms with van der Waals surface area (Å²) >= 11 is 0. The Kier molecular flexibility index (Phi) is 6.14. The van der Waals surface area contributed by atoms with E-state index in [2.05, 4.69) is 20.9 Å². The fourth-order valence-corrected chi connectivity index (χ4v) is 1.58. The molecule has 6 nitrogen and oxygen atoms in total. The molecule has 108 valence electrons. The summed E-state index contributed by atoms with van der Waals surface area (Å²) in [5, 5.41) is 13.5. The Morgan fingerprint density at radius 2 is 1.95 bits per heavy atom. The topological polar surface area (TPSA) is 71.8 Å². The number of nitrogens with one attached hydrogen (secondary N) is 2. The van der Waals surface area contributed by atoms with Crippen LogP contribution in [0.25, 0.3) is 5.69 Å². The molecule has 0 aliphatic heterocycles. The predicted molar refractivity (Wildman–Crippen MR) is 79.6 cm³/mol. The predicted octanol–water partition coefficient (Wildman–Crippen LogP) is 0.947. The maximum Gasteiger partial charge on any atom is 0.273 e. The Morgan fingerprint density at radius 1 is 1.25 bits per heavy atom. The third-order valence-electron chi connectivity index (χ3n) is 2.69. The van der Waals surface area contributed by atoms with Crippen molar-refractivity contribution in [2.24, 2.45) is 0 Å². The van der Waals surface area contributed by atoms with Crippen LogP contribution in [0.4, 0.5) is 0 Å². The first-order valence-corrected chi connectivity index (χ1v) is 6.13. The minimum Gasteiger partial charge on any atom is -0.349 e. The monoisotopic (exact) mass is 295 g/mol. The molecule has 1 heterocycles. The molecular formula is C13H18ClN5O. The molecule has 1 aromatic heterocycles. The standard InChI is InChI=1S/C13H17N5O.ClH/c1-10-3-5-11(6-4-10)18-9-12(16-17-18)13(19)15-8-7-14-2;/h3-6,9,14H,7-8H2,1-2H3,(H,15,19);1H. The molecule has 0 fully saturated rings. The number of aryl methyl sites for hydroxylation is 1. The number of halogens is 1. The molecule has 0 bridgehead atoms. The zero-order chi connectivity index (χ0) is 13.7. The van der Waals surface area contributed by atoms with Crippen molar-refractivity contribution < 1.29 is 4.79 Å². The highest BCUT2D eigenvalue weighted by Gasteiger charge is 2.10. The highest BCUT2D eigenvalue weighted by Crippen LogP contribution is 2.08. The Balaban J connectivity index is 0.00000200. The molecule has 0 aliphatic rings. The van der Waals surface area contributed by atoms with Crippen LogP contribution in [0.15, 0.2) is 30.5 Å². The molecule has 0 saturated heterocycles. The normalized spacial score (nSPS) is 9.90. The van der Waals surface area contributed by atoms with Gasteiger partial charge in [-0.2, -0.15) is 0 Å². The summed E-state index contributed by atoms with van der Waals surface area (Å²) in [6, 6.07) is 7.85. The minimum atomic E-state index is -0.214. The molecule has 7 heteroatoms. The summed E-state index contributed by atoms with van der Waals surface area (Å²) in [5.74, 6) is -0.214. The van der Waals surface area contributed by atoms with Crippen LogP contribution in [0, 0.1) is 6.92 Å². The second kappa shape index (κ2) is 7.62. The number of hydrogen-bond acceptors (Lipinski definition) is 4. The number of benzene rings is 1. The molecule has 2 aromatic rings. The average molecular weight is 296 g/mol. The highest BCUT2D eigenvalue weighted by atomic mass is 35.5. The van der Waals surface area contributed by atoms with Crippen molar-refractivity contribution in [3.05, 3.63) is 41.7 Å². The molecule has 0 aliphatic carbocycles. The SMILES string of the molecule is CNCCNC(=O)c1cn(-c2ccc(C)cc2)nn1.Cl. The maximum atomic E-state index is 11.8. The summed E-state index contributed by atoms with van der Waals surface area (Å²) in [4.78, 5) is 11.8. The quantitative estimate of drug-likeness (QED) is 0.806. The van der Waals surface area contributed by atoms with Gasteiger partial charge < -0.3 is 10.6 Å². The van der Waals surface area contributed by atoms with E-state index < -0.39 is 0 Å². The van der Waals surface area contributed by atoms with E-state index in [1.165, 1.54) is 5.56 Å². The van der Waals surface area contributed by atoms with E-state index in [9.17, 15) is 4.79 Å². The van der Waals surface area contributed by atoms with Crippen molar-refractivity contribution in [1.29, 1.82) is 0 Å². The number of carbonyl (C=O) groups is 1. The van der Waals surface area contributed by atoms with Crippen LogP contribution in [0.5, 0.6) is 0 Å². The van der Waals surface area contributed by atoms with Gasteiger partial charge in [0.2, 0.25) is 0 Å². The van der Waals surface area contributed by atoms with Crippen LogP contribution in [-0.2, 0) is 0 Å². The van der Waals surface area contributed by atoms with Gasteiger partial charge in [-0.3, -0.25) is 4.79 Å². The second-order valence-corrected chi connectivity index (χ2v) is 4.24. The number of likely N-dealkylation sites (N-methyl/N-ethyl adjacent to an activating group) is 1. The van der Waals surface area contributed by atoms with Crippen LogP contribution < -0.4 is 10.6 Å². The van der Waals surface area contributed by atoms with Crippen LogP contribution in [0.2, 0.25) is 0 Å². The summed E-state index contributed by atoms with van der Waals surface area (Å²) in [6.07, 6.45) is 1.62. The number of carbonyl (C=O) groups excluding carboxylic acids is 1. The van der Waals surface area contributed by atoms with Gasteiger partial charge in [-0.05, 0) is 26.1 Å². The lowest BCUT2D eigenvalue weighted by Gasteiger charge is -2.01. The van der Waals surface area contributed by atoms with Crippen LogP contribution in [0.1, 0.15) is 16.1 Å². The van der Waals surface area contributed by atoms with Crippen molar-refractivity contribution in [1.82, 2.24) is 25.6 Å². The van der Waals surface area contributed by atoms with Crippen molar-refractivity contribution in [2.45, 2.75) is 6.92 Å². The van der Waals surface area contributed by atoms with Gasteiger partial charge in [0.1, 0.15) is 0 Å². The van der Waals surface area contributed by atoms with Gasteiger partial charge in [-0.1, -0.05) is 22.9 Å². The van der Waals surface area contributed by atoms with E-state index in [4.69, 9.17) is 0 Å². The highest BCUT2D eigenvalue weighted by molar-refractivity contribution is 5.91. The van der Waals surface area contributed by atoms with E-state index in [1.54, 1.807) is 10.9 Å². The van der Waals surface area contributed by atoms with Gasteiger partial charge >= 0.3 is 0 Å². The van der Waals surface area contributed by atoms with E-state index in [-0.39, 0.29) is 18.3 Å². The first-order chi connectivity index (χ1) is 9.20. The van der Waals surface area contributed by atoms with Crippen molar-refractivity contribution in [3.63, 3.8) is 0 Å². The lowest BCUT2D eigenvalue weighted by Crippen LogP contribution is -2.30. The van der Waals surface area contributed by atoms with Gasteiger partial charge in [0, 0.05) is 13.1 Å². The molecule has 0 radical (unpaired) electrons. The molecule has 1 amide bonds. The summed E-state index contributed by atoms with van der Waals surface area (Å²) in [7, 11) is 1.83. The third kappa shape index (κ3) is 4.04. The van der Waals surface area contributed by atoms with E-state index in [0.717, 1.165) is 12.2 Å². The van der Waals surface area contributed by atoms with Gasteiger partial charge in [0.05, 0.1) is 11.9 Å². The summed E-state index contributed by atoms with van der Waals surface area (Å²) in [5.41, 5.74) is 2.37. The maximum absolute atomic E-state index is 11.8. The van der Waals surface area contributed by atoms with Crippen LogP contribution >= 0.6 is 12.4 Å². The number of rotatable bonds is 5. The molecule has 0 saturated carbocycles. The molecule has 2 rings (SSSR count). The zero-order valence-electron chi connectivity index (χ0n) is 11.5. The Morgan fingerprint density at radius 3 is 2.60 bits per heavy atom. The van der Waals surface area contributed by atoms with Gasteiger partial charge in [-0.25, -0.2) is 4.68 Å². The van der Waals surface area contributed by atoms with Crippen molar-refractivity contribution in [3.8, 4) is 5.69 Å². The Labute approximate surface area is 124 Å².